The molecule has 0 saturated heterocycles. The van der Waals surface area contributed by atoms with E-state index in [0.29, 0.717) is 0 Å². The summed E-state index contributed by atoms with van der Waals surface area (Å²) in [5, 5.41) is 0. The van der Waals surface area contributed by atoms with Crippen LogP contribution in [0.2, 0.25) is 0 Å². The summed E-state index contributed by atoms with van der Waals surface area (Å²) in [5.74, 6) is 0.892. The van der Waals surface area contributed by atoms with Crippen LogP contribution in [0.15, 0.2) is 12.2 Å². The van der Waals surface area contributed by atoms with Crippen LogP contribution in [-0.4, -0.2) is 0 Å². The van der Waals surface area contributed by atoms with E-state index in [9.17, 15) is 0 Å². The summed E-state index contributed by atoms with van der Waals surface area (Å²) >= 11 is 0. The highest BCUT2D eigenvalue weighted by molar-refractivity contribution is 4.76. The maximum atomic E-state index is 2.31. The van der Waals surface area contributed by atoms with Crippen LogP contribution in [0.1, 0.15) is 65.7 Å². The number of unbranched alkanes of at least 4 members (excludes halogenated alkanes) is 5. The van der Waals surface area contributed by atoms with Crippen molar-refractivity contribution in [1.29, 1.82) is 0 Å². The number of hydrogen-bond acceptors (Lipinski definition) is 0. The van der Waals surface area contributed by atoms with Crippen LogP contribution in [0.25, 0.3) is 0 Å². The average Bonchev–Trinajstić information content (AvgIpc) is 2.09. The van der Waals surface area contributed by atoms with Crippen LogP contribution in [0, 0.1) is 5.92 Å². The number of hydrogen-bond donors (Lipinski definition) is 0. The van der Waals surface area contributed by atoms with Gasteiger partial charge >= 0.3 is 0 Å². The van der Waals surface area contributed by atoms with E-state index < -0.39 is 0 Å². The lowest BCUT2D eigenvalue weighted by molar-refractivity contribution is 0.516. The zero-order valence-corrected chi connectivity index (χ0v) is 9.68. The highest BCUT2D eigenvalue weighted by atomic mass is 14.0. The van der Waals surface area contributed by atoms with Crippen molar-refractivity contribution in [3.8, 4) is 0 Å². The van der Waals surface area contributed by atoms with Crippen molar-refractivity contribution in [1.82, 2.24) is 0 Å². The lowest BCUT2D eigenvalue weighted by Gasteiger charge is -2.03. The van der Waals surface area contributed by atoms with Gasteiger partial charge in [-0.3, -0.25) is 0 Å². The summed E-state index contributed by atoms with van der Waals surface area (Å²) in [5.41, 5.74) is 0. The first-order chi connectivity index (χ1) is 6.27. The molecule has 0 rings (SSSR count). The minimum atomic E-state index is 0.892. The number of allylic oxidation sites excluding steroid dienone is 2. The van der Waals surface area contributed by atoms with E-state index in [1.165, 1.54) is 44.9 Å². The monoisotopic (exact) mass is 182 g/mol. The molecule has 0 amide bonds. The van der Waals surface area contributed by atoms with Crippen molar-refractivity contribution in [2.45, 2.75) is 65.7 Å². The minimum absolute atomic E-state index is 0.892. The Balaban J connectivity index is 2.91. The molecule has 0 nitrogen and oxygen atoms in total. The second kappa shape index (κ2) is 9.83. The Morgan fingerprint density at radius 2 is 1.54 bits per heavy atom. The van der Waals surface area contributed by atoms with Gasteiger partial charge in [-0.05, 0) is 25.7 Å². The van der Waals surface area contributed by atoms with Gasteiger partial charge in [0.2, 0.25) is 0 Å². The highest BCUT2D eigenvalue weighted by Crippen LogP contribution is 2.11. The largest absolute Gasteiger partial charge is 0.0917 e. The smallest absolute Gasteiger partial charge is 0.0351 e. The summed E-state index contributed by atoms with van der Waals surface area (Å²) in [6.07, 6.45) is 14.2. The molecule has 0 aromatic carbocycles. The zero-order chi connectivity index (χ0) is 9.94. The second-order valence-electron chi connectivity index (χ2n) is 4.31. The molecule has 0 aliphatic carbocycles. The van der Waals surface area contributed by atoms with Crippen LogP contribution in [-0.2, 0) is 0 Å². The van der Waals surface area contributed by atoms with E-state index in [2.05, 4.69) is 32.9 Å². The van der Waals surface area contributed by atoms with E-state index in [1.54, 1.807) is 0 Å². The average molecular weight is 182 g/mol. The van der Waals surface area contributed by atoms with Gasteiger partial charge in [0.25, 0.3) is 0 Å². The van der Waals surface area contributed by atoms with Crippen LogP contribution >= 0.6 is 0 Å². The molecule has 0 aromatic heterocycles. The molecule has 13 heavy (non-hydrogen) atoms. The first-order valence-corrected chi connectivity index (χ1v) is 5.88. The predicted octanol–water partition coefficient (Wildman–Crippen LogP) is 4.95. The van der Waals surface area contributed by atoms with E-state index in [-0.39, 0.29) is 0 Å². The topological polar surface area (TPSA) is 0 Å². The summed E-state index contributed by atoms with van der Waals surface area (Å²) < 4.78 is 0. The predicted molar refractivity (Wildman–Crippen MR) is 62.0 cm³/mol. The van der Waals surface area contributed by atoms with Crippen molar-refractivity contribution in [2.75, 3.05) is 0 Å². The zero-order valence-electron chi connectivity index (χ0n) is 9.68. The molecule has 78 valence electrons. The lowest BCUT2D eigenvalue weighted by Crippen LogP contribution is -1.86. The van der Waals surface area contributed by atoms with Crippen LogP contribution in [0.5, 0.6) is 0 Å². The Bertz CT molecular complexity index is 111. The third-order valence-corrected chi connectivity index (χ3v) is 2.39. The van der Waals surface area contributed by atoms with Gasteiger partial charge < -0.3 is 0 Å². The van der Waals surface area contributed by atoms with Crippen LogP contribution < -0.4 is 0 Å². The third-order valence-electron chi connectivity index (χ3n) is 2.39. The van der Waals surface area contributed by atoms with Gasteiger partial charge in [-0.2, -0.15) is 0 Å². The molecule has 0 heterocycles. The van der Waals surface area contributed by atoms with E-state index >= 15 is 0 Å². The molecule has 0 aliphatic heterocycles. The summed E-state index contributed by atoms with van der Waals surface area (Å²) in [4.78, 5) is 0. The normalized spacial score (nSPS) is 11.7. The lowest BCUT2D eigenvalue weighted by atomic mass is 10.0. The standard InChI is InChI=1S/C13H26/c1-4-5-6-7-8-9-10-11-12-13(2)3/h4-5,13H,6-12H2,1-3H3. The van der Waals surface area contributed by atoms with Gasteiger partial charge in [0, 0.05) is 0 Å². The van der Waals surface area contributed by atoms with E-state index in [0.717, 1.165) is 5.92 Å². The fourth-order valence-corrected chi connectivity index (χ4v) is 1.51. The molecule has 0 radical (unpaired) electrons. The van der Waals surface area contributed by atoms with Gasteiger partial charge in [0.15, 0.2) is 0 Å². The minimum Gasteiger partial charge on any atom is -0.0917 e. The van der Waals surface area contributed by atoms with Crippen molar-refractivity contribution >= 4 is 0 Å². The molecule has 0 N–H and O–H groups in total. The fraction of sp³-hybridized carbons (Fsp3) is 0.846. The van der Waals surface area contributed by atoms with Gasteiger partial charge in [-0.25, -0.2) is 0 Å². The van der Waals surface area contributed by atoms with Crippen molar-refractivity contribution in [3.63, 3.8) is 0 Å². The van der Waals surface area contributed by atoms with Gasteiger partial charge in [-0.15, -0.1) is 0 Å². The van der Waals surface area contributed by atoms with E-state index in [4.69, 9.17) is 0 Å². The van der Waals surface area contributed by atoms with Crippen molar-refractivity contribution in [3.05, 3.63) is 12.2 Å². The molecule has 0 heteroatoms. The Labute approximate surface area is 84.4 Å². The Hall–Kier alpha value is -0.260. The molecule has 0 saturated carbocycles. The molecule has 0 fully saturated rings. The first-order valence-electron chi connectivity index (χ1n) is 5.88. The Morgan fingerprint density at radius 3 is 2.15 bits per heavy atom. The summed E-state index contributed by atoms with van der Waals surface area (Å²) in [7, 11) is 0. The highest BCUT2D eigenvalue weighted by Gasteiger charge is 1.93. The van der Waals surface area contributed by atoms with Gasteiger partial charge in [0.05, 0.1) is 0 Å². The summed E-state index contributed by atoms with van der Waals surface area (Å²) in [6, 6.07) is 0. The van der Waals surface area contributed by atoms with Gasteiger partial charge in [-0.1, -0.05) is 58.1 Å². The van der Waals surface area contributed by atoms with Crippen LogP contribution in [0.4, 0.5) is 0 Å². The first kappa shape index (κ1) is 12.7. The van der Waals surface area contributed by atoms with Gasteiger partial charge in [0.1, 0.15) is 0 Å². The molecule has 0 atom stereocenters. The second-order valence-corrected chi connectivity index (χ2v) is 4.31. The maximum Gasteiger partial charge on any atom is -0.0351 e. The molecule has 0 bridgehead atoms. The summed E-state index contributed by atoms with van der Waals surface area (Å²) in [6.45, 7) is 6.72. The fourth-order valence-electron chi connectivity index (χ4n) is 1.51. The Morgan fingerprint density at radius 1 is 0.923 bits per heavy atom. The van der Waals surface area contributed by atoms with Crippen molar-refractivity contribution in [2.24, 2.45) is 5.92 Å². The molecule has 0 spiro atoms. The molecule has 0 unspecified atom stereocenters. The maximum absolute atomic E-state index is 2.31. The SMILES string of the molecule is CC=CCCCCCCCC(C)C. The molecule has 0 aromatic rings. The van der Waals surface area contributed by atoms with E-state index in [1.807, 2.05) is 0 Å². The Kier molecular flexibility index (Phi) is 9.63. The number of rotatable bonds is 8. The molecular formula is C13H26. The van der Waals surface area contributed by atoms with Crippen molar-refractivity contribution < 1.29 is 0 Å². The molecular weight excluding hydrogens is 156 g/mol. The quantitative estimate of drug-likeness (QED) is 0.368. The third kappa shape index (κ3) is 11.7. The van der Waals surface area contributed by atoms with Crippen LogP contribution in [0.3, 0.4) is 0 Å². The molecule has 0 aliphatic rings.